The number of nitrogens with one attached hydrogen (secondary N) is 1. The third kappa shape index (κ3) is 3.77. The quantitative estimate of drug-likeness (QED) is 0.828. The molecule has 21 heavy (non-hydrogen) atoms. The molecule has 0 aliphatic rings. The fourth-order valence-corrected chi connectivity index (χ4v) is 2.25. The van der Waals surface area contributed by atoms with Crippen LogP contribution in [0.2, 0.25) is 10.2 Å². The smallest absolute Gasteiger partial charge is 0.271 e. The average molecular weight is 330 g/mol. The van der Waals surface area contributed by atoms with Gasteiger partial charge in [-0.1, -0.05) is 23.2 Å². The van der Waals surface area contributed by atoms with Gasteiger partial charge < -0.3 is 5.32 Å². The van der Waals surface area contributed by atoms with Crippen molar-refractivity contribution in [2.75, 3.05) is 6.54 Å². The van der Waals surface area contributed by atoms with E-state index in [0.29, 0.717) is 41.1 Å². The molecule has 0 spiro atoms. The lowest BCUT2D eigenvalue weighted by molar-refractivity contribution is 0.0947. The maximum Gasteiger partial charge on any atom is 0.271 e. The summed E-state index contributed by atoms with van der Waals surface area (Å²) in [5.74, 6) is -0.178. The zero-order valence-electron chi connectivity index (χ0n) is 11.9. The van der Waals surface area contributed by atoms with E-state index in [0.717, 1.165) is 6.54 Å². The van der Waals surface area contributed by atoms with E-state index in [9.17, 15) is 4.79 Å². The van der Waals surface area contributed by atoms with Gasteiger partial charge in [-0.3, -0.25) is 14.2 Å². The summed E-state index contributed by atoms with van der Waals surface area (Å²) >= 11 is 12.0. The van der Waals surface area contributed by atoms with Crippen LogP contribution < -0.4 is 5.32 Å². The van der Waals surface area contributed by atoms with E-state index < -0.39 is 0 Å². The molecule has 0 unspecified atom stereocenters. The molecule has 114 valence electrons. The van der Waals surface area contributed by atoms with Crippen LogP contribution in [0.25, 0.3) is 0 Å². The number of aryl methyl sites for hydroxylation is 3. The van der Waals surface area contributed by atoms with Crippen molar-refractivity contribution in [3.05, 3.63) is 33.8 Å². The molecule has 2 rings (SSSR count). The molecular weight excluding hydrogens is 313 g/mol. The number of carbonyl (C=O) groups is 1. The highest BCUT2D eigenvalue weighted by Gasteiger charge is 2.11. The highest BCUT2D eigenvalue weighted by atomic mass is 35.5. The van der Waals surface area contributed by atoms with E-state index in [1.807, 2.05) is 6.92 Å². The first-order chi connectivity index (χ1) is 10.0. The van der Waals surface area contributed by atoms with Gasteiger partial charge in [-0.15, -0.1) is 0 Å². The van der Waals surface area contributed by atoms with Gasteiger partial charge in [-0.2, -0.15) is 10.2 Å². The van der Waals surface area contributed by atoms with Crippen LogP contribution in [0.15, 0.2) is 12.3 Å². The van der Waals surface area contributed by atoms with E-state index >= 15 is 0 Å². The number of aromatic nitrogens is 4. The molecule has 0 aliphatic heterocycles. The Morgan fingerprint density at radius 3 is 2.71 bits per heavy atom. The zero-order valence-corrected chi connectivity index (χ0v) is 13.4. The van der Waals surface area contributed by atoms with Crippen LogP contribution in [-0.2, 0) is 13.1 Å². The monoisotopic (exact) mass is 329 g/mol. The van der Waals surface area contributed by atoms with Crippen LogP contribution in [0.5, 0.6) is 0 Å². The van der Waals surface area contributed by atoms with Gasteiger partial charge in [-0.25, -0.2) is 0 Å². The van der Waals surface area contributed by atoms with Crippen LogP contribution in [0, 0.1) is 6.92 Å². The van der Waals surface area contributed by atoms with Gasteiger partial charge in [0.05, 0.1) is 5.69 Å². The minimum Gasteiger partial charge on any atom is -0.351 e. The molecule has 6 nitrogen and oxygen atoms in total. The molecule has 0 atom stereocenters. The summed E-state index contributed by atoms with van der Waals surface area (Å²) in [6.45, 7) is 5.62. The molecule has 0 aromatic carbocycles. The summed E-state index contributed by atoms with van der Waals surface area (Å²) in [5.41, 5.74) is 1.13. The predicted octanol–water partition coefficient (Wildman–Crippen LogP) is 2.53. The fraction of sp³-hybridized carbons (Fsp3) is 0.462. The molecule has 0 fully saturated rings. The molecule has 2 heterocycles. The summed E-state index contributed by atoms with van der Waals surface area (Å²) in [5, 5.41) is 12.1. The maximum absolute atomic E-state index is 11.9. The predicted molar refractivity (Wildman–Crippen MR) is 81.8 cm³/mol. The summed E-state index contributed by atoms with van der Waals surface area (Å²) in [4.78, 5) is 11.9. The van der Waals surface area contributed by atoms with Crippen LogP contribution in [0.1, 0.15) is 29.5 Å². The molecule has 2 aromatic heterocycles. The normalized spacial score (nSPS) is 10.9. The van der Waals surface area contributed by atoms with Crippen molar-refractivity contribution in [3.8, 4) is 0 Å². The van der Waals surface area contributed by atoms with Gasteiger partial charge in [0.25, 0.3) is 5.91 Å². The highest BCUT2D eigenvalue weighted by molar-refractivity contribution is 6.41. The highest BCUT2D eigenvalue weighted by Crippen LogP contribution is 2.24. The minimum atomic E-state index is -0.178. The number of carbonyl (C=O) groups excluding carboxylic acids is 1. The summed E-state index contributed by atoms with van der Waals surface area (Å²) in [6, 6.07) is 1.70. The lowest BCUT2D eigenvalue weighted by Gasteiger charge is -2.05. The standard InChI is InChI=1S/C13H17Cl2N5O/c1-3-19-8-5-10(18-19)13(21)16-6-4-7-20-12(15)11(14)9(2)17-20/h5,8H,3-4,6-7H2,1-2H3,(H,16,21). The van der Waals surface area contributed by atoms with Gasteiger partial charge in [0, 0.05) is 25.8 Å². The molecule has 8 heteroatoms. The first-order valence-electron chi connectivity index (χ1n) is 6.73. The van der Waals surface area contributed by atoms with E-state index in [1.165, 1.54) is 0 Å². The van der Waals surface area contributed by atoms with Crippen LogP contribution in [0.3, 0.4) is 0 Å². The summed E-state index contributed by atoms with van der Waals surface area (Å²) in [7, 11) is 0. The van der Waals surface area contributed by atoms with Gasteiger partial charge in [0.15, 0.2) is 0 Å². The summed E-state index contributed by atoms with van der Waals surface area (Å²) in [6.07, 6.45) is 2.49. The number of hydrogen-bond donors (Lipinski definition) is 1. The topological polar surface area (TPSA) is 64.7 Å². The molecule has 0 radical (unpaired) electrons. The van der Waals surface area contributed by atoms with Gasteiger partial charge in [-0.05, 0) is 26.3 Å². The molecule has 0 bridgehead atoms. The molecule has 1 N–H and O–H groups in total. The average Bonchev–Trinajstić information content (AvgIpc) is 3.05. The molecule has 0 saturated carbocycles. The number of rotatable bonds is 6. The number of hydrogen-bond acceptors (Lipinski definition) is 3. The number of halogens is 2. The van der Waals surface area contributed by atoms with Crippen LogP contribution >= 0.6 is 23.2 Å². The second-order valence-electron chi connectivity index (χ2n) is 4.58. The lowest BCUT2D eigenvalue weighted by Crippen LogP contribution is -2.26. The fourth-order valence-electron chi connectivity index (χ4n) is 1.86. The van der Waals surface area contributed by atoms with E-state index in [4.69, 9.17) is 23.2 Å². The Kier molecular flexibility index (Phi) is 5.25. The Morgan fingerprint density at radius 1 is 1.38 bits per heavy atom. The molecular formula is C13H17Cl2N5O. The van der Waals surface area contributed by atoms with Gasteiger partial charge >= 0.3 is 0 Å². The van der Waals surface area contributed by atoms with Gasteiger partial charge in [0.2, 0.25) is 0 Å². The lowest BCUT2D eigenvalue weighted by atomic mass is 10.3. The Hall–Kier alpha value is -1.53. The maximum atomic E-state index is 11.9. The van der Waals surface area contributed by atoms with E-state index in [-0.39, 0.29) is 5.91 Å². The van der Waals surface area contributed by atoms with Crippen LogP contribution in [0.4, 0.5) is 0 Å². The minimum absolute atomic E-state index is 0.178. The molecule has 1 amide bonds. The van der Waals surface area contributed by atoms with Crippen molar-refractivity contribution in [1.82, 2.24) is 24.9 Å². The van der Waals surface area contributed by atoms with Crippen molar-refractivity contribution < 1.29 is 4.79 Å². The first kappa shape index (κ1) is 15.9. The van der Waals surface area contributed by atoms with E-state index in [2.05, 4.69) is 15.5 Å². The summed E-state index contributed by atoms with van der Waals surface area (Å²) < 4.78 is 3.35. The first-order valence-corrected chi connectivity index (χ1v) is 7.48. The van der Waals surface area contributed by atoms with Crippen LogP contribution in [-0.4, -0.2) is 32.0 Å². The second kappa shape index (κ2) is 6.95. The van der Waals surface area contributed by atoms with Crippen molar-refractivity contribution in [3.63, 3.8) is 0 Å². The number of nitrogens with zero attached hydrogens (tertiary/aromatic N) is 4. The molecule has 0 aliphatic carbocycles. The Labute approximate surface area is 133 Å². The van der Waals surface area contributed by atoms with Crippen molar-refractivity contribution in [1.29, 1.82) is 0 Å². The Morgan fingerprint density at radius 2 is 2.14 bits per heavy atom. The molecule has 0 saturated heterocycles. The third-order valence-corrected chi connectivity index (χ3v) is 3.96. The van der Waals surface area contributed by atoms with E-state index in [1.54, 1.807) is 28.6 Å². The van der Waals surface area contributed by atoms with Crippen molar-refractivity contribution >= 4 is 29.1 Å². The molecule has 2 aromatic rings. The number of amides is 1. The zero-order chi connectivity index (χ0) is 15.4. The van der Waals surface area contributed by atoms with Crippen molar-refractivity contribution in [2.24, 2.45) is 0 Å². The van der Waals surface area contributed by atoms with Crippen molar-refractivity contribution in [2.45, 2.75) is 33.4 Å². The van der Waals surface area contributed by atoms with Gasteiger partial charge in [0.1, 0.15) is 15.9 Å². The Balaban J connectivity index is 1.79. The SMILES string of the molecule is CCn1ccc(C(=O)NCCCn2nc(C)c(Cl)c2Cl)n1. The largest absolute Gasteiger partial charge is 0.351 e. The second-order valence-corrected chi connectivity index (χ2v) is 5.32. The Bertz CT molecular complexity index is 635. The third-order valence-electron chi connectivity index (χ3n) is 3.03.